The number of aromatic nitrogens is 1. The van der Waals surface area contributed by atoms with Crippen LogP contribution < -0.4 is 15.0 Å². The van der Waals surface area contributed by atoms with Crippen molar-refractivity contribution in [1.82, 2.24) is 10.3 Å². The lowest BCUT2D eigenvalue weighted by Gasteiger charge is -2.29. The topological polar surface area (TPSA) is 37.4 Å². The molecule has 0 unspecified atom stereocenters. The number of fused-ring (bicyclic) bond motifs is 1. The van der Waals surface area contributed by atoms with Gasteiger partial charge in [0.05, 0.1) is 7.11 Å². The van der Waals surface area contributed by atoms with Crippen molar-refractivity contribution >= 4 is 16.6 Å². The molecule has 1 aliphatic heterocycles. The average Bonchev–Trinajstić information content (AvgIpc) is 2.47. The Bertz CT molecular complexity index is 550. The zero-order valence-corrected chi connectivity index (χ0v) is 10.5. The number of nitrogens with one attached hydrogen (secondary N) is 1. The minimum absolute atomic E-state index is 0.683. The van der Waals surface area contributed by atoms with Gasteiger partial charge in [0.1, 0.15) is 5.82 Å². The van der Waals surface area contributed by atoms with Crippen LogP contribution in [0.5, 0.6) is 5.88 Å². The lowest BCUT2D eigenvalue weighted by molar-refractivity contribution is 0.398. The molecule has 0 saturated carbocycles. The highest BCUT2D eigenvalue weighted by Gasteiger charge is 2.15. The molecule has 18 heavy (non-hydrogen) atoms. The van der Waals surface area contributed by atoms with Crippen molar-refractivity contribution in [2.75, 3.05) is 38.2 Å². The van der Waals surface area contributed by atoms with Crippen molar-refractivity contribution in [2.24, 2.45) is 0 Å². The molecule has 0 aliphatic carbocycles. The van der Waals surface area contributed by atoms with E-state index < -0.39 is 0 Å². The zero-order chi connectivity index (χ0) is 12.4. The average molecular weight is 243 g/mol. The number of piperazine rings is 1. The molecule has 1 saturated heterocycles. The maximum Gasteiger partial charge on any atom is 0.215 e. The van der Waals surface area contributed by atoms with E-state index >= 15 is 0 Å². The Kier molecular flexibility index (Phi) is 3.02. The highest BCUT2D eigenvalue weighted by atomic mass is 16.5. The Hall–Kier alpha value is -1.81. The first-order valence-corrected chi connectivity index (χ1v) is 6.28. The maximum atomic E-state index is 5.30. The van der Waals surface area contributed by atoms with Crippen LogP contribution >= 0.6 is 0 Å². The van der Waals surface area contributed by atoms with E-state index in [9.17, 15) is 0 Å². The van der Waals surface area contributed by atoms with Crippen LogP contribution in [0.15, 0.2) is 30.3 Å². The van der Waals surface area contributed by atoms with Crippen molar-refractivity contribution in [3.8, 4) is 5.88 Å². The van der Waals surface area contributed by atoms with Gasteiger partial charge >= 0.3 is 0 Å². The Labute approximate surface area is 107 Å². The molecule has 3 rings (SSSR count). The van der Waals surface area contributed by atoms with Gasteiger partial charge in [-0.15, -0.1) is 0 Å². The highest BCUT2D eigenvalue weighted by molar-refractivity contribution is 5.93. The van der Waals surface area contributed by atoms with Gasteiger partial charge in [-0.25, -0.2) is 0 Å². The smallest absolute Gasteiger partial charge is 0.215 e. The van der Waals surface area contributed by atoms with E-state index in [1.54, 1.807) is 7.11 Å². The van der Waals surface area contributed by atoms with Crippen LogP contribution in [0.2, 0.25) is 0 Å². The standard InChI is InChI=1S/C14H17N3O/c1-18-13-10-11-4-2-3-5-12(11)14(16-13)17-8-6-15-7-9-17/h2-5,10,15H,6-9H2,1H3. The fraction of sp³-hybridized carbons (Fsp3) is 0.357. The summed E-state index contributed by atoms with van der Waals surface area (Å²) in [4.78, 5) is 6.94. The minimum atomic E-state index is 0.683. The number of methoxy groups -OCH3 is 1. The molecule has 1 aliphatic rings. The van der Waals surface area contributed by atoms with Gasteiger partial charge in [-0.2, -0.15) is 4.98 Å². The fourth-order valence-electron chi connectivity index (χ4n) is 2.38. The Morgan fingerprint density at radius 3 is 2.78 bits per heavy atom. The Morgan fingerprint density at radius 1 is 1.22 bits per heavy atom. The van der Waals surface area contributed by atoms with Crippen LogP contribution in [0, 0.1) is 0 Å². The van der Waals surface area contributed by atoms with Crippen molar-refractivity contribution in [2.45, 2.75) is 0 Å². The van der Waals surface area contributed by atoms with Gasteiger partial charge in [0.2, 0.25) is 5.88 Å². The predicted molar refractivity (Wildman–Crippen MR) is 73.4 cm³/mol. The van der Waals surface area contributed by atoms with Crippen molar-refractivity contribution < 1.29 is 4.74 Å². The summed E-state index contributed by atoms with van der Waals surface area (Å²) in [6, 6.07) is 10.3. The minimum Gasteiger partial charge on any atom is -0.481 e. The third-order valence-electron chi connectivity index (χ3n) is 3.32. The molecule has 2 aromatic rings. The van der Waals surface area contributed by atoms with Crippen molar-refractivity contribution in [3.63, 3.8) is 0 Å². The van der Waals surface area contributed by atoms with Crippen LogP contribution in [0.25, 0.3) is 10.8 Å². The molecule has 2 heterocycles. The van der Waals surface area contributed by atoms with Crippen LogP contribution in [0.4, 0.5) is 5.82 Å². The number of pyridine rings is 1. The molecule has 1 fully saturated rings. The zero-order valence-electron chi connectivity index (χ0n) is 10.5. The highest BCUT2D eigenvalue weighted by Crippen LogP contribution is 2.28. The molecular formula is C14H17N3O. The van der Waals surface area contributed by atoms with E-state index in [-0.39, 0.29) is 0 Å². The number of hydrogen-bond acceptors (Lipinski definition) is 4. The maximum absolute atomic E-state index is 5.30. The summed E-state index contributed by atoms with van der Waals surface area (Å²) in [5.41, 5.74) is 0. The van der Waals surface area contributed by atoms with Gasteiger partial charge < -0.3 is 15.0 Å². The van der Waals surface area contributed by atoms with Gasteiger partial charge in [0.25, 0.3) is 0 Å². The summed E-state index contributed by atoms with van der Waals surface area (Å²) in [5.74, 6) is 1.72. The number of anilines is 1. The lowest BCUT2D eigenvalue weighted by Crippen LogP contribution is -2.44. The second-order valence-electron chi connectivity index (χ2n) is 4.45. The molecule has 0 atom stereocenters. The van der Waals surface area contributed by atoms with E-state index in [0.29, 0.717) is 5.88 Å². The number of benzene rings is 1. The molecule has 1 N–H and O–H groups in total. The third kappa shape index (κ3) is 1.99. The number of nitrogens with zero attached hydrogens (tertiary/aromatic N) is 2. The van der Waals surface area contributed by atoms with Gasteiger partial charge in [0.15, 0.2) is 0 Å². The molecule has 0 bridgehead atoms. The largest absolute Gasteiger partial charge is 0.481 e. The van der Waals surface area contributed by atoms with E-state index in [0.717, 1.165) is 32.0 Å². The quantitative estimate of drug-likeness (QED) is 0.870. The first kappa shape index (κ1) is 11.3. The van der Waals surface area contributed by atoms with Crippen LogP contribution in [0.1, 0.15) is 0 Å². The van der Waals surface area contributed by atoms with Crippen LogP contribution in [0.3, 0.4) is 0 Å². The Balaban J connectivity index is 2.12. The molecule has 4 heteroatoms. The van der Waals surface area contributed by atoms with Gasteiger partial charge in [0, 0.05) is 37.6 Å². The van der Waals surface area contributed by atoms with Crippen LogP contribution in [-0.2, 0) is 0 Å². The van der Waals surface area contributed by atoms with E-state index in [2.05, 4.69) is 33.4 Å². The fourth-order valence-corrected chi connectivity index (χ4v) is 2.38. The Morgan fingerprint density at radius 2 is 2.00 bits per heavy atom. The van der Waals surface area contributed by atoms with Gasteiger partial charge in [-0.1, -0.05) is 24.3 Å². The molecule has 4 nitrogen and oxygen atoms in total. The van der Waals surface area contributed by atoms with E-state index in [4.69, 9.17) is 4.74 Å². The second-order valence-corrected chi connectivity index (χ2v) is 4.45. The molecule has 94 valence electrons. The first-order chi connectivity index (χ1) is 8.88. The van der Waals surface area contributed by atoms with Crippen LogP contribution in [-0.4, -0.2) is 38.3 Å². The third-order valence-corrected chi connectivity index (χ3v) is 3.32. The normalized spacial score (nSPS) is 15.9. The number of rotatable bonds is 2. The number of ether oxygens (including phenoxy) is 1. The predicted octanol–water partition coefficient (Wildman–Crippen LogP) is 1.65. The summed E-state index contributed by atoms with van der Waals surface area (Å²) >= 11 is 0. The monoisotopic (exact) mass is 243 g/mol. The van der Waals surface area contributed by atoms with Crippen molar-refractivity contribution in [1.29, 1.82) is 0 Å². The summed E-state index contributed by atoms with van der Waals surface area (Å²) in [7, 11) is 1.67. The summed E-state index contributed by atoms with van der Waals surface area (Å²) in [6.07, 6.45) is 0. The lowest BCUT2D eigenvalue weighted by atomic mass is 10.1. The molecular weight excluding hydrogens is 226 g/mol. The van der Waals surface area contributed by atoms with Crippen molar-refractivity contribution in [3.05, 3.63) is 30.3 Å². The molecule has 1 aromatic carbocycles. The molecule has 1 aromatic heterocycles. The summed E-state index contributed by atoms with van der Waals surface area (Å²) < 4.78 is 5.30. The molecule has 0 amide bonds. The van der Waals surface area contributed by atoms with Gasteiger partial charge in [-0.3, -0.25) is 0 Å². The number of hydrogen-bond donors (Lipinski definition) is 1. The van der Waals surface area contributed by atoms with Gasteiger partial charge in [-0.05, 0) is 5.39 Å². The molecule has 0 radical (unpaired) electrons. The summed E-state index contributed by atoms with van der Waals surface area (Å²) in [5, 5.41) is 5.73. The van der Waals surface area contributed by atoms with E-state index in [1.165, 1.54) is 10.8 Å². The first-order valence-electron chi connectivity index (χ1n) is 6.28. The SMILES string of the molecule is COc1cc2ccccc2c(N2CCNCC2)n1. The van der Waals surface area contributed by atoms with E-state index in [1.807, 2.05) is 12.1 Å². The second kappa shape index (κ2) is 4.82. The summed E-state index contributed by atoms with van der Waals surface area (Å²) in [6.45, 7) is 3.99. The molecule has 0 spiro atoms.